The number of hydrogen-bond donors (Lipinski definition) is 1. The van der Waals surface area contributed by atoms with Crippen molar-refractivity contribution in [2.24, 2.45) is 17.3 Å². The molecule has 5 nitrogen and oxygen atoms in total. The number of sulfonamides is 1. The lowest BCUT2D eigenvalue weighted by Gasteiger charge is -2.35. The molecule has 4 bridgehead atoms. The van der Waals surface area contributed by atoms with Crippen LogP contribution < -0.4 is 9.46 Å². The fraction of sp³-hybridized carbons (Fsp3) is 0.611. The fourth-order valence-corrected chi connectivity index (χ4v) is 6.12. The van der Waals surface area contributed by atoms with Crippen LogP contribution in [0.1, 0.15) is 42.5 Å². The van der Waals surface area contributed by atoms with Crippen LogP contribution >= 0.6 is 11.6 Å². The van der Waals surface area contributed by atoms with Crippen molar-refractivity contribution in [1.29, 1.82) is 0 Å². The Balaban J connectivity index is 1.51. The molecule has 4 atom stereocenters. The van der Waals surface area contributed by atoms with Crippen LogP contribution in [0.2, 0.25) is 5.02 Å². The molecule has 0 aliphatic heterocycles. The molecular formula is C18H20ClF2NO4S. The van der Waals surface area contributed by atoms with Crippen molar-refractivity contribution in [3.05, 3.63) is 28.5 Å². The second-order valence-corrected chi connectivity index (χ2v) is 10.5. The highest BCUT2D eigenvalue weighted by molar-refractivity contribution is 7.89. The van der Waals surface area contributed by atoms with Gasteiger partial charge >= 0.3 is 0 Å². The number of ether oxygens (including phenoxy) is 1. The van der Waals surface area contributed by atoms with E-state index in [1.807, 2.05) is 0 Å². The number of benzene rings is 1. The van der Waals surface area contributed by atoms with E-state index < -0.39 is 33.0 Å². The molecule has 4 unspecified atom stereocenters. The molecule has 1 aromatic rings. The molecule has 4 fully saturated rings. The van der Waals surface area contributed by atoms with Gasteiger partial charge in [-0.25, -0.2) is 21.9 Å². The Bertz CT molecular complexity index is 924. The highest BCUT2D eigenvalue weighted by atomic mass is 35.5. The number of hydrogen-bond acceptors (Lipinski definition) is 4. The molecule has 9 heteroatoms. The number of nitrogens with one attached hydrogen (secondary N) is 1. The van der Waals surface area contributed by atoms with Crippen molar-refractivity contribution in [3.8, 4) is 5.75 Å². The molecule has 4 aliphatic rings. The summed E-state index contributed by atoms with van der Waals surface area (Å²) >= 11 is 6.11. The maximum Gasteiger partial charge on any atom is 0.267 e. The molecule has 0 heterocycles. The molecule has 5 rings (SSSR count). The van der Waals surface area contributed by atoms with Crippen molar-refractivity contribution in [1.82, 2.24) is 4.72 Å². The lowest BCUT2D eigenvalue weighted by Crippen LogP contribution is -2.35. The molecule has 1 amide bonds. The molecule has 4 aliphatic carbocycles. The van der Waals surface area contributed by atoms with Crippen LogP contribution in [0.5, 0.6) is 5.75 Å². The van der Waals surface area contributed by atoms with Crippen LogP contribution in [0.4, 0.5) is 8.78 Å². The summed E-state index contributed by atoms with van der Waals surface area (Å²) in [6.07, 6.45) is 4.39. The van der Waals surface area contributed by atoms with E-state index in [0.29, 0.717) is 25.2 Å². The maximum atomic E-state index is 14.8. The summed E-state index contributed by atoms with van der Waals surface area (Å²) in [7, 11) is -3.83. The van der Waals surface area contributed by atoms with Gasteiger partial charge in [0.15, 0.2) is 0 Å². The smallest absolute Gasteiger partial charge is 0.267 e. The number of amides is 1. The van der Waals surface area contributed by atoms with Crippen molar-refractivity contribution < 1.29 is 26.7 Å². The number of carbonyl (C=O) groups is 1. The SMILES string of the molecule is CS(=O)(=O)NC(=O)c1cc(Cl)c(OCC23CC4CC2CC(F)(C4)C3)cc1F. The van der Waals surface area contributed by atoms with E-state index in [2.05, 4.69) is 0 Å². The lowest BCUT2D eigenvalue weighted by atomic mass is 9.75. The van der Waals surface area contributed by atoms with Gasteiger partial charge in [-0.15, -0.1) is 0 Å². The Kier molecular flexibility index (Phi) is 4.24. The topological polar surface area (TPSA) is 72.5 Å². The highest BCUT2D eigenvalue weighted by Crippen LogP contribution is 2.68. The summed E-state index contributed by atoms with van der Waals surface area (Å²) in [6.45, 7) is 0.258. The van der Waals surface area contributed by atoms with Crippen LogP contribution in [0.3, 0.4) is 0 Å². The van der Waals surface area contributed by atoms with Crippen LogP contribution in [0.15, 0.2) is 12.1 Å². The first kappa shape index (κ1) is 18.9. The third-order valence-corrected chi connectivity index (χ3v) is 7.03. The lowest BCUT2D eigenvalue weighted by molar-refractivity contribution is 0.0438. The Hall–Kier alpha value is -1.41. The zero-order valence-electron chi connectivity index (χ0n) is 14.7. The highest BCUT2D eigenvalue weighted by Gasteiger charge is 2.64. The van der Waals surface area contributed by atoms with E-state index in [1.54, 1.807) is 4.72 Å². The van der Waals surface area contributed by atoms with Gasteiger partial charge < -0.3 is 4.74 Å². The third-order valence-electron chi connectivity index (χ3n) is 6.17. The van der Waals surface area contributed by atoms with E-state index in [4.69, 9.17) is 16.3 Å². The molecule has 148 valence electrons. The van der Waals surface area contributed by atoms with Gasteiger partial charge in [-0.05, 0) is 50.0 Å². The van der Waals surface area contributed by atoms with E-state index in [9.17, 15) is 22.0 Å². The summed E-state index contributed by atoms with van der Waals surface area (Å²) in [5.41, 5.74) is -1.82. The molecule has 4 saturated carbocycles. The fourth-order valence-electron chi connectivity index (χ4n) is 5.45. The summed E-state index contributed by atoms with van der Waals surface area (Å²) in [6, 6.07) is 2.01. The Morgan fingerprint density at radius 2 is 2.11 bits per heavy atom. The van der Waals surface area contributed by atoms with Gasteiger partial charge in [0.25, 0.3) is 5.91 Å². The standard InChI is InChI=1S/C18H20ClF2NO4S/c1-27(24,25)22-16(23)12-3-13(19)15(4-14(12)20)26-9-17-5-10-2-11(17)7-18(21,6-10)8-17/h3-4,10-11H,2,5-9H2,1H3,(H,22,23). The molecule has 0 spiro atoms. The largest absolute Gasteiger partial charge is 0.491 e. The predicted octanol–water partition coefficient (Wildman–Crippen LogP) is 3.47. The van der Waals surface area contributed by atoms with Crippen LogP contribution in [0, 0.1) is 23.1 Å². The van der Waals surface area contributed by atoms with Gasteiger partial charge in [0.05, 0.1) is 23.4 Å². The van der Waals surface area contributed by atoms with Gasteiger partial charge in [0.2, 0.25) is 10.0 Å². The number of rotatable bonds is 5. The monoisotopic (exact) mass is 419 g/mol. The van der Waals surface area contributed by atoms with Gasteiger partial charge in [-0.3, -0.25) is 4.79 Å². The maximum absolute atomic E-state index is 14.8. The summed E-state index contributed by atoms with van der Waals surface area (Å²) in [5, 5.41) is -0.000818. The minimum Gasteiger partial charge on any atom is -0.491 e. The molecule has 1 N–H and O–H groups in total. The van der Waals surface area contributed by atoms with E-state index >= 15 is 0 Å². The van der Waals surface area contributed by atoms with Crippen molar-refractivity contribution in [2.45, 2.75) is 37.8 Å². The molecule has 0 radical (unpaired) electrons. The minimum atomic E-state index is -3.83. The zero-order valence-corrected chi connectivity index (χ0v) is 16.3. The average molecular weight is 420 g/mol. The van der Waals surface area contributed by atoms with Crippen LogP contribution in [0.25, 0.3) is 0 Å². The summed E-state index contributed by atoms with van der Waals surface area (Å²) in [4.78, 5) is 11.9. The van der Waals surface area contributed by atoms with Gasteiger partial charge in [0.1, 0.15) is 17.2 Å². The Labute approximate surface area is 161 Å². The van der Waals surface area contributed by atoms with E-state index in [0.717, 1.165) is 31.2 Å². The molecule has 0 saturated heterocycles. The molecular weight excluding hydrogens is 400 g/mol. The summed E-state index contributed by atoms with van der Waals surface area (Å²) < 4.78 is 58.8. The van der Waals surface area contributed by atoms with Gasteiger partial charge in [0, 0.05) is 11.5 Å². The minimum absolute atomic E-state index is 0.000818. The van der Waals surface area contributed by atoms with E-state index in [1.165, 1.54) is 0 Å². The first-order valence-corrected chi connectivity index (χ1v) is 11.1. The first-order chi connectivity index (χ1) is 12.5. The van der Waals surface area contributed by atoms with Crippen molar-refractivity contribution in [2.75, 3.05) is 12.9 Å². The summed E-state index contributed by atoms with van der Waals surface area (Å²) in [5.74, 6) is -1.30. The normalized spacial score (nSPS) is 34.1. The number of alkyl halides is 1. The quantitative estimate of drug-likeness (QED) is 0.793. The second kappa shape index (κ2) is 6.04. The second-order valence-electron chi connectivity index (χ2n) is 8.36. The Morgan fingerprint density at radius 1 is 1.37 bits per heavy atom. The third kappa shape index (κ3) is 3.42. The van der Waals surface area contributed by atoms with Crippen molar-refractivity contribution in [3.63, 3.8) is 0 Å². The molecule has 0 aromatic heterocycles. The van der Waals surface area contributed by atoms with Crippen LogP contribution in [-0.4, -0.2) is 32.9 Å². The average Bonchev–Trinajstić information content (AvgIpc) is 2.87. The number of halogens is 3. The Morgan fingerprint density at radius 3 is 2.78 bits per heavy atom. The van der Waals surface area contributed by atoms with Crippen LogP contribution in [-0.2, 0) is 10.0 Å². The number of carbonyl (C=O) groups excluding carboxylic acids is 1. The van der Waals surface area contributed by atoms with Crippen molar-refractivity contribution >= 4 is 27.5 Å². The zero-order chi connectivity index (χ0) is 19.6. The predicted molar refractivity (Wildman–Crippen MR) is 95.6 cm³/mol. The van der Waals surface area contributed by atoms with Gasteiger partial charge in [-0.1, -0.05) is 11.6 Å². The van der Waals surface area contributed by atoms with E-state index in [-0.39, 0.29) is 28.7 Å². The molecule has 27 heavy (non-hydrogen) atoms. The first-order valence-electron chi connectivity index (χ1n) is 8.82. The van der Waals surface area contributed by atoms with Gasteiger partial charge in [-0.2, -0.15) is 0 Å². The molecule has 1 aromatic carbocycles.